The normalized spacial score (nSPS) is 22.2. The summed E-state index contributed by atoms with van der Waals surface area (Å²) in [5.41, 5.74) is 12.9. The van der Waals surface area contributed by atoms with Gasteiger partial charge in [-0.25, -0.2) is 0 Å². The fraction of sp³-hybridized carbons (Fsp3) is 0.444. The van der Waals surface area contributed by atoms with Gasteiger partial charge in [-0.2, -0.15) is 0 Å². The van der Waals surface area contributed by atoms with Crippen LogP contribution in [0.3, 0.4) is 0 Å². The van der Waals surface area contributed by atoms with Crippen molar-refractivity contribution >= 4 is 22.0 Å². The highest BCUT2D eigenvalue weighted by molar-refractivity contribution is 5.85. The Morgan fingerprint density at radius 2 is 1.78 bits per heavy atom. The molecule has 1 aromatic heterocycles. The van der Waals surface area contributed by atoms with Gasteiger partial charge in [-0.1, -0.05) is 87.9 Å². The quantitative estimate of drug-likeness (QED) is 0.250. The molecule has 0 aliphatic heterocycles. The van der Waals surface area contributed by atoms with Gasteiger partial charge in [0.15, 0.2) is 0 Å². The van der Waals surface area contributed by atoms with Gasteiger partial charge in [-0.05, 0) is 110 Å². The van der Waals surface area contributed by atoms with E-state index in [1.54, 1.807) is 11.1 Å². The average Bonchev–Trinajstić information content (AvgIpc) is 3.26. The number of rotatable bonds is 7. The summed E-state index contributed by atoms with van der Waals surface area (Å²) in [7, 11) is 0. The molecular weight excluding hydrogens is 446 g/mol. The van der Waals surface area contributed by atoms with Gasteiger partial charge in [0.2, 0.25) is 0 Å². The molecule has 2 aliphatic rings. The third-order valence-electron chi connectivity index (χ3n) is 9.40. The highest BCUT2D eigenvalue weighted by atomic mass is 14.7. The molecule has 1 atom stereocenters. The van der Waals surface area contributed by atoms with Crippen molar-refractivity contribution in [3.8, 4) is 0 Å². The number of benzene rings is 2. The molecule has 1 heteroatoms. The molecule has 37 heavy (non-hydrogen) atoms. The van der Waals surface area contributed by atoms with Crippen LogP contribution in [0.1, 0.15) is 101 Å². The molecule has 1 N–H and O–H groups in total. The fourth-order valence-corrected chi connectivity index (χ4v) is 7.00. The monoisotopic (exact) mass is 491 g/mol. The van der Waals surface area contributed by atoms with Crippen molar-refractivity contribution in [2.24, 2.45) is 10.8 Å². The van der Waals surface area contributed by atoms with E-state index in [2.05, 4.69) is 101 Å². The largest absolute Gasteiger partial charge is 0.358 e. The molecule has 194 valence electrons. The maximum Gasteiger partial charge on any atom is 0.0459 e. The molecule has 0 fully saturated rings. The van der Waals surface area contributed by atoms with Crippen LogP contribution in [0.2, 0.25) is 0 Å². The highest BCUT2D eigenvalue weighted by Gasteiger charge is 2.42. The molecule has 3 aromatic rings. The molecule has 2 aromatic carbocycles. The predicted octanol–water partition coefficient (Wildman–Crippen LogP) is 10.3. The van der Waals surface area contributed by atoms with E-state index < -0.39 is 0 Å². The number of aromatic amines is 1. The lowest BCUT2D eigenvalue weighted by molar-refractivity contribution is 0.310. The van der Waals surface area contributed by atoms with Crippen LogP contribution in [-0.4, -0.2) is 4.98 Å². The Balaban J connectivity index is 1.34. The van der Waals surface area contributed by atoms with Gasteiger partial charge in [-0.15, -0.1) is 0 Å². The third-order valence-corrected chi connectivity index (χ3v) is 9.40. The van der Waals surface area contributed by atoms with Gasteiger partial charge in [0.05, 0.1) is 0 Å². The first-order chi connectivity index (χ1) is 17.7. The maximum absolute atomic E-state index is 4.11. The van der Waals surface area contributed by atoms with E-state index in [4.69, 9.17) is 0 Å². The molecule has 1 nitrogen and oxygen atoms in total. The first-order valence-corrected chi connectivity index (χ1v) is 14.5. The summed E-state index contributed by atoms with van der Waals surface area (Å²) in [6, 6.07) is 16.2. The summed E-state index contributed by atoms with van der Waals surface area (Å²) >= 11 is 0. The summed E-state index contributed by atoms with van der Waals surface area (Å²) in [6.45, 7) is 15.9. The second-order valence-corrected chi connectivity index (χ2v) is 12.4. The van der Waals surface area contributed by atoms with Crippen molar-refractivity contribution in [2.45, 2.75) is 92.4 Å². The van der Waals surface area contributed by atoms with E-state index >= 15 is 0 Å². The van der Waals surface area contributed by atoms with Gasteiger partial charge >= 0.3 is 0 Å². The SMILES string of the molecule is C=C(C)c1ccc(C2=CC[C@@](C)(CC)/C(=C\CCCc3ccc4[nH]c5c(c4c3)CCCC5)C2(C)C)cc1. The molecule has 0 unspecified atom stereocenters. The van der Waals surface area contributed by atoms with Crippen molar-refractivity contribution in [2.75, 3.05) is 0 Å². The lowest BCUT2D eigenvalue weighted by Crippen LogP contribution is -2.33. The van der Waals surface area contributed by atoms with E-state index in [1.165, 1.54) is 77.4 Å². The summed E-state index contributed by atoms with van der Waals surface area (Å²) in [6.07, 6.45) is 16.0. The standard InChI is InChI=1S/C36H45N/c1-7-36(6)23-22-31(28-19-17-27(18-20-28)25(2)3)35(4,5)34(36)15-11-8-12-26-16-21-33-30(24-26)29-13-9-10-14-32(29)37-33/h15-22,24,37H,2,7-14,23H2,1,3-6H3/b34-15-/t36-/m1/s1. The number of unbranched alkanes of at least 4 members (excludes halogenated alkanes) is 1. The minimum absolute atomic E-state index is 0.0247. The van der Waals surface area contributed by atoms with E-state index in [9.17, 15) is 0 Å². The number of hydrogen-bond acceptors (Lipinski definition) is 0. The van der Waals surface area contributed by atoms with Gasteiger partial charge in [0.25, 0.3) is 0 Å². The predicted molar refractivity (Wildman–Crippen MR) is 162 cm³/mol. The zero-order valence-electron chi connectivity index (χ0n) is 23.8. The summed E-state index contributed by atoms with van der Waals surface area (Å²) in [5.74, 6) is 0. The van der Waals surface area contributed by atoms with Crippen molar-refractivity contribution in [1.82, 2.24) is 4.98 Å². The van der Waals surface area contributed by atoms with Crippen LogP contribution in [0.15, 0.2) is 66.8 Å². The number of nitrogens with one attached hydrogen (secondary N) is 1. The Kier molecular flexibility index (Phi) is 7.10. The number of fused-ring (bicyclic) bond motifs is 3. The van der Waals surface area contributed by atoms with Crippen LogP contribution in [0.4, 0.5) is 0 Å². The molecule has 0 radical (unpaired) electrons. The van der Waals surface area contributed by atoms with Gasteiger partial charge in [0, 0.05) is 22.0 Å². The van der Waals surface area contributed by atoms with Crippen LogP contribution in [0, 0.1) is 10.8 Å². The average molecular weight is 492 g/mol. The summed E-state index contributed by atoms with van der Waals surface area (Å²) in [4.78, 5) is 3.68. The molecule has 5 rings (SSSR count). The number of hydrogen-bond donors (Lipinski definition) is 1. The number of allylic oxidation sites excluding steroid dienone is 5. The topological polar surface area (TPSA) is 15.8 Å². The minimum Gasteiger partial charge on any atom is -0.358 e. The Morgan fingerprint density at radius 1 is 1.03 bits per heavy atom. The molecule has 0 saturated carbocycles. The van der Waals surface area contributed by atoms with Crippen LogP contribution < -0.4 is 0 Å². The van der Waals surface area contributed by atoms with Crippen LogP contribution in [0.25, 0.3) is 22.0 Å². The lowest BCUT2D eigenvalue weighted by Gasteiger charge is -2.46. The molecule has 0 amide bonds. The third kappa shape index (κ3) is 4.90. The van der Waals surface area contributed by atoms with E-state index in [1.807, 2.05) is 0 Å². The van der Waals surface area contributed by atoms with E-state index in [0.29, 0.717) is 0 Å². The Hall–Kier alpha value is -2.80. The van der Waals surface area contributed by atoms with Crippen LogP contribution in [0.5, 0.6) is 0 Å². The molecule has 2 aliphatic carbocycles. The zero-order valence-corrected chi connectivity index (χ0v) is 23.8. The second kappa shape index (κ2) is 10.2. The Labute approximate surface area is 224 Å². The molecule has 0 spiro atoms. The summed E-state index contributed by atoms with van der Waals surface area (Å²) in [5, 5.41) is 1.48. The van der Waals surface area contributed by atoms with Crippen LogP contribution in [-0.2, 0) is 19.3 Å². The highest BCUT2D eigenvalue weighted by Crippen LogP contribution is 2.55. The first kappa shape index (κ1) is 25.8. The fourth-order valence-electron chi connectivity index (χ4n) is 7.00. The van der Waals surface area contributed by atoms with E-state index in [0.717, 1.165) is 24.8 Å². The molecular formula is C36H45N. The minimum atomic E-state index is 0.0247. The van der Waals surface area contributed by atoms with Crippen molar-refractivity contribution < 1.29 is 0 Å². The second-order valence-electron chi connectivity index (χ2n) is 12.4. The van der Waals surface area contributed by atoms with Crippen molar-refractivity contribution in [1.29, 1.82) is 0 Å². The van der Waals surface area contributed by atoms with Gasteiger partial charge in [0.1, 0.15) is 0 Å². The molecule has 0 bridgehead atoms. The number of aromatic nitrogens is 1. The number of H-pyrrole nitrogens is 1. The smallest absolute Gasteiger partial charge is 0.0459 e. The Bertz CT molecular complexity index is 1360. The lowest BCUT2D eigenvalue weighted by atomic mass is 9.58. The van der Waals surface area contributed by atoms with Crippen LogP contribution >= 0.6 is 0 Å². The number of aryl methyl sites for hydroxylation is 3. The van der Waals surface area contributed by atoms with Crippen molar-refractivity contribution in [3.05, 3.63) is 94.7 Å². The zero-order chi connectivity index (χ0) is 26.2. The Morgan fingerprint density at radius 3 is 2.51 bits per heavy atom. The van der Waals surface area contributed by atoms with E-state index in [-0.39, 0.29) is 10.8 Å². The maximum atomic E-state index is 4.11. The van der Waals surface area contributed by atoms with Gasteiger partial charge < -0.3 is 4.98 Å². The van der Waals surface area contributed by atoms with Gasteiger partial charge in [-0.3, -0.25) is 0 Å². The summed E-state index contributed by atoms with van der Waals surface area (Å²) < 4.78 is 0. The van der Waals surface area contributed by atoms with Crippen molar-refractivity contribution in [3.63, 3.8) is 0 Å². The molecule has 0 saturated heterocycles. The first-order valence-electron chi connectivity index (χ1n) is 14.5. The molecule has 1 heterocycles.